The lowest BCUT2D eigenvalue weighted by Crippen LogP contribution is -2.14. The molecule has 6 heteroatoms. The number of carbonyl (C=O) groups excluding carboxylic acids is 1. The molecule has 122 valence electrons. The van der Waals surface area contributed by atoms with E-state index in [1.165, 1.54) is 25.5 Å². The van der Waals surface area contributed by atoms with E-state index < -0.39 is 5.97 Å². The Kier molecular flexibility index (Phi) is 5.54. The van der Waals surface area contributed by atoms with Crippen molar-refractivity contribution in [3.05, 3.63) is 53.0 Å². The number of aryl methyl sites for hydroxylation is 1. The van der Waals surface area contributed by atoms with Gasteiger partial charge in [0.25, 0.3) is 5.91 Å². The molecular weight excluding hydrogens is 298 g/mol. The first-order valence-corrected chi connectivity index (χ1v) is 7.29. The summed E-state index contributed by atoms with van der Waals surface area (Å²) in [6, 6.07) is 6.23. The fourth-order valence-corrected chi connectivity index (χ4v) is 2.30. The van der Waals surface area contributed by atoms with Gasteiger partial charge in [0.05, 0.1) is 24.0 Å². The molecule has 0 saturated heterocycles. The van der Waals surface area contributed by atoms with Crippen LogP contribution in [0.3, 0.4) is 0 Å². The lowest BCUT2D eigenvalue weighted by molar-refractivity contribution is 0.0696. The van der Waals surface area contributed by atoms with Crippen LogP contribution in [0.5, 0.6) is 0 Å². The third-order valence-corrected chi connectivity index (χ3v) is 3.28. The second-order valence-electron chi connectivity index (χ2n) is 5.12. The van der Waals surface area contributed by atoms with Crippen LogP contribution in [-0.2, 0) is 17.8 Å². The third kappa shape index (κ3) is 4.20. The first-order chi connectivity index (χ1) is 11.0. The third-order valence-electron chi connectivity index (χ3n) is 3.28. The van der Waals surface area contributed by atoms with Crippen molar-refractivity contribution in [3.63, 3.8) is 0 Å². The Morgan fingerprint density at radius 1 is 1.30 bits per heavy atom. The highest BCUT2D eigenvalue weighted by molar-refractivity contribution is 6.05. The number of nitrogens with one attached hydrogen (secondary N) is 1. The highest BCUT2D eigenvalue weighted by Crippen LogP contribution is 2.19. The average molecular weight is 317 g/mol. The zero-order valence-electron chi connectivity index (χ0n) is 13.1. The molecule has 0 aliphatic heterocycles. The predicted octanol–water partition coefficient (Wildman–Crippen LogP) is 3.33. The normalized spacial score (nSPS) is 10.5. The van der Waals surface area contributed by atoms with Crippen LogP contribution in [0, 0.1) is 0 Å². The van der Waals surface area contributed by atoms with Gasteiger partial charge >= 0.3 is 5.97 Å². The maximum Gasteiger partial charge on any atom is 0.335 e. The fraction of sp³-hybridized carbons (Fsp3) is 0.294. The van der Waals surface area contributed by atoms with E-state index in [-0.39, 0.29) is 18.1 Å². The standard InChI is InChI=1S/C17H19NO5/c1-3-4-15-14(5-6-23-15)16(19)18-13-8-11(10-22-2)7-12(9-13)17(20)21/h5-9H,3-4,10H2,1-2H3,(H,18,19)(H,20,21). The van der Waals surface area contributed by atoms with Crippen molar-refractivity contribution in [2.45, 2.75) is 26.4 Å². The van der Waals surface area contributed by atoms with Crippen LogP contribution in [0.25, 0.3) is 0 Å². The molecule has 6 nitrogen and oxygen atoms in total. The Morgan fingerprint density at radius 3 is 2.74 bits per heavy atom. The second kappa shape index (κ2) is 7.60. The van der Waals surface area contributed by atoms with Crippen LogP contribution < -0.4 is 5.32 Å². The zero-order chi connectivity index (χ0) is 16.8. The minimum absolute atomic E-state index is 0.0934. The summed E-state index contributed by atoms with van der Waals surface area (Å²) in [5.74, 6) is -0.766. The lowest BCUT2D eigenvalue weighted by atomic mass is 10.1. The molecule has 1 amide bonds. The van der Waals surface area contributed by atoms with E-state index in [1.54, 1.807) is 12.1 Å². The van der Waals surface area contributed by atoms with Gasteiger partial charge in [-0.05, 0) is 36.2 Å². The molecule has 2 N–H and O–H groups in total. The van der Waals surface area contributed by atoms with E-state index in [1.807, 2.05) is 6.92 Å². The van der Waals surface area contributed by atoms with Crippen molar-refractivity contribution in [3.8, 4) is 0 Å². The molecule has 23 heavy (non-hydrogen) atoms. The Hall–Kier alpha value is -2.60. The quantitative estimate of drug-likeness (QED) is 0.817. The highest BCUT2D eigenvalue weighted by Gasteiger charge is 2.15. The molecule has 1 heterocycles. The second-order valence-corrected chi connectivity index (χ2v) is 5.12. The van der Waals surface area contributed by atoms with Crippen LogP contribution in [-0.4, -0.2) is 24.1 Å². The van der Waals surface area contributed by atoms with Gasteiger partial charge in [0.15, 0.2) is 0 Å². The number of carbonyl (C=O) groups is 2. The number of carboxylic acid groups (broad SMARTS) is 1. The molecule has 1 aromatic heterocycles. The summed E-state index contributed by atoms with van der Waals surface area (Å²) in [6.45, 7) is 2.26. The largest absolute Gasteiger partial charge is 0.478 e. The van der Waals surface area contributed by atoms with Crippen LogP contribution in [0.4, 0.5) is 5.69 Å². The summed E-state index contributed by atoms with van der Waals surface area (Å²) >= 11 is 0. The lowest BCUT2D eigenvalue weighted by Gasteiger charge is -2.09. The molecule has 0 aliphatic rings. The Labute approximate surface area is 134 Å². The number of rotatable bonds is 7. The van der Waals surface area contributed by atoms with Crippen LogP contribution in [0.1, 0.15) is 45.4 Å². The maximum atomic E-state index is 12.4. The predicted molar refractivity (Wildman–Crippen MR) is 84.8 cm³/mol. The number of carboxylic acids is 1. The minimum Gasteiger partial charge on any atom is -0.478 e. The molecule has 0 spiro atoms. The maximum absolute atomic E-state index is 12.4. The van der Waals surface area contributed by atoms with E-state index in [9.17, 15) is 9.59 Å². The SMILES string of the molecule is CCCc1occc1C(=O)Nc1cc(COC)cc(C(=O)O)c1. The van der Waals surface area contributed by atoms with Gasteiger partial charge in [0.2, 0.25) is 0 Å². The molecule has 2 aromatic rings. The number of amides is 1. The van der Waals surface area contributed by atoms with E-state index in [0.717, 1.165) is 6.42 Å². The first-order valence-electron chi connectivity index (χ1n) is 7.29. The smallest absolute Gasteiger partial charge is 0.335 e. The van der Waals surface area contributed by atoms with Gasteiger partial charge in [-0.1, -0.05) is 6.92 Å². The van der Waals surface area contributed by atoms with Gasteiger partial charge in [0, 0.05) is 19.2 Å². The monoisotopic (exact) mass is 317 g/mol. The van der Waals surface area contributed by atoms with Gasteiger partial charge in [-0.2, -0.15) is 0 Å². The van der Waals surface area contributed by atoms with Crippen molar-refractivity contribution < 1.29 is 23.8 Å². The molecule has 0 atom stereocenters. The van der Waals surface area contributed by atoms with Gasteiger partial charge < -0.3 is 19.6 Å². The number of ether oxygens (including phenoxy) is 1. The number of anilines is 1. The minimum atomic E-state index is -1.06. The molecule has 0 saturated carbocycles. The fourth-order valence-electron chi connectivity index (χ4n) is 2.30. The summed E-state index contributed by atoms with van der Waals surface area (Å²) in [6.07, 6.45) is 3.00. The number of benzene rings is 1. The molecule has 0 fully saturated rings. The number of aromatic carboxylic acids is 1. The van der Waals surface area contributed by atoms with Gasteiger partial charge in [-0.3, -0.25) is 4.79 Å². The van der Waals surface area contributed by atoms with E-state index in [4.69, 9.17) is 14.3 Å². The Bertz CT molecular complexity index is 705. The molecular formula is C17H19NO5. The first kappa shape index (κ1) is 16.8. The van der Waals surface area contributed by atoms with E-state index in [2.05, 4.69) is 5.32 Å². The Balaban J connectivity index is 2.25. The van der Waals surface area contributed by atoms with Gasteiger partial charge in [-0.15, -0.1) is 0 Å². The van der Waals surface area contributed by atoms with Crippen molar-refractivity contribution in [1.82, 2.24) is 0 Å². The zero-order valence-corrected chi connectivity index (χ0v) is 13.1. The molecule has 0 aliphatic carbocycles. The number of furan rings is 1. The number of methoxy groups -OCH3 is 1. The van der Waals surface area contributed by atoms with E-state index >= 15 is 0 Å². The summed E-state index contributed by atoms with van der Waals surface area (Å²) in [4.78, 5) is 23.6. The summed E-state index contributed by atoms with van der Waals surface area (Å²) in [5.41, 5.74) is 1.63. The topological polar surface area (TPSA) is 88.8 Å². The van der Waals surface area contributed by atoms with Crippen LogP contribution >= 0.6 is 0 Å². The van der Waals surface area contributed by atoms with Crippen molar-refractivity contribution in [2.24, 2.45) is 0 Å². The average Bonchev–Trinajstić information content (AvgIpc) is 2.96. The molecule has 1 aromatic carbocycles. The summed E-state index contributed by atoms with van der Waals surface area (Å²) in [7, 11) is 1.52. The molecule has 0 unspecified atom stereocenters. The molecule has 0 radical (unpaired) electrons. The van der Waals surface area contributed by atoms with Gasteiger partial charge in [0.1, 0.15) is 5.76 Å². The Morgan fingerprint density at radius 2 is 2.09 bits per heavy atom. The van der Waals surface area contributed by atoms with Crippen molar-refractivity contribution >= 4 is 17.6 Å². The summed E-state index contributed by atoms with van der Waals surface area (Å²) < 4.78 is 10.3. The number of hydrogen-bond acceptors (Lipinski definition) is 4. The van der Waals surface area contributed by atoms with Crippen molar-refractivity contribution in [1.29, 1.82) is 0 Å². The molecule has 0 bridgehead atoms. The number of hydrogen-bond donors (Lipinski definition) is 2. The summed E-state index contributed by atoms with van der Waals surface area (Å²) in [5, 5.41) is 11.9. The van der Waals surface area contributed by atoms with Gasteiger partial charge in [-0.25, -0.2) is 4.79 Å². The molecule has 2 rings (SSSR count). The van der Waals surface area contributed by atoms with Crippen LogP contribution in [0.15, 0.2) is 34.9 Å². The highest BCUT2D eigenvalue weighted by atomic mass is 16.5. The van der Waals surface area contributed by atoms with E-state index in [0.29, 0.717) is 29.0 Å². The van der Waals surface area contributed by atoms with Crippen molar-refractivity contribution in [2.75, 3.05) is 12.4 Å². The van der Waals surface area contributed by atoms with Crippen LogP contribution in [0.2, 0.25) is 0 Å².